The number of nitrogens with zero attached hydrogens (tertiary/aromatic N) is 1. The van der Waals surface area contributed by atoms with Crippen LogP contribution in [0.15, 0.2) is 46.9 Å². The molecule has 0 aliphatic carbocycles. The molecule has 1 unspecified atom stereocenters. The number of aliphatic carboxylic acids is 1. The van der Waals surface area contributed by atoms with Crippen molar-refractivity contribution in [3.05, 3.63) is 53.1 Å². The lowest BCUT2D eigenvalue weighted by Gasteiger charge is -2.04. The quantitative estimate of drug-likeness (QED) is 0.748. The number of oxazole rings is 1. The molecule has 1 aromatic heterocycles. The third kappa shape index (κ3) is 3.08. The Kier molecular flexibility index (Phi) is 4.74. The van der Waals surface area contributed by atoms with Gasteiger partial charge in [-0.3, -0.25) is 4.79 Å². The van der Waals surface area contributed by atoms with E-state index in [-0.39, 0.29) is 12.4 Å². The van der Waals surface area contributed by atoms with Crippen LogP contribution in [0.1, 0.15) is 18.4 Å². The van der Waals surface area contributed by atoms with Crippen molar-refractivity contribution in [1.29, 1.82) is 0 Å². The van der Waals surface area contributed by atoms with Crippen LogP contribution in [0.3, 0.4) is 0 Å². The van der Waals surface area contributed by atoms with Crippen molar-refractivity contribution in [2.75, 3.05) is 0 Å². The fourth-order valence-electron chi connectivity index (χ4n) is 2.07. The molecule has 0 saturated heterocycles. The van der Waals surface area contributed by atoms with Crippen LogP contribution >= 0.6 is 24.0 Å². The Morgan fingerprint density at radius 2 is 1.91 bits per heavy atom. The van der Waals surface area contributed by atoms with Gasteiger partial charge < -0.3 is 9.52 Å². The molecule has 1 N–H and O–H groups in total. The van der Waals surface area contributed by atoms with Gasteiger partial charge in [0.1, 0.15) is 5.52 Å². The summed E-state index contributed by atoms with van der Waals surface area (Å²) in [5, 5.41) is 9.71. The molecule has 4 nitrogen and oxygen atoms in total. The summed E-state index contributed by atoms with van der Waals surface area (Å²) in [4.78, 5) is 15.5. The first kappa shape index (κ1) is 16.3. The van der Waals surface area contributed by atoms with Gasteiger partial charge in [-0.1, -0.05) is 17.7 Å². The molecule has 0 aliphatic heterocycles. The maximum atomic E-state index is 11.0. The second kappa shape index (κ2) is 6.38. The highest BCUT2D eigenvalue weighted by Crippen LogP contribution is 2.27. The van der Waals surface area contributed by atoms with Crippen molar-refractivity contribution >= 4 is 41.1 Å². The Hall–Kier alpha value is -2.04. The minimum atomic E-state index is -0.865. The number of rotatable bonds is 3. The van der Waals surface area contributed by atoms with Gasteiger partial charge in [0.2, 0.25) is 5.89 Å². The maximum absolute atomic E-state index is 11.0. The van der Waals surface area contributed by atoms with E-state index in [1.807, 2.05) is 12.1 Å². The van der Waals surface area contributed by atoms with Gasteiger partial charge in [0.25, 0.3) is 0 Å². The maximum Gasteiger partial charge on any atom is 0.310 e. The summed E-state index contributed by atoms with van der Waals surface area (Å²) >= 11 is 5.86. The van der Waals surface area contributed by atoms with E-state index < -0.39 is 11.9 Å². The zero-order valence-corrected chi connectivity index (χ0v) is 13.2. The van der Waals surface area contributed by atoms with Crippen molar-refractivity contribution in [1.82, 2.24) is 4.98 Å². The summed E-state index contributed by atoms with van der Waals surface area (Å²) in [5.41, 5.74) is 2.79. The molecular formula is C16H13Cl2NO3. The largest absolute Gasteiger partial charge is 0.481 e. The monoisotopic (exact) mass is 337 g/mol. The fraction of sp³-hybridized carbons (Fsp3) is 0.125. The van der Waals surface area contributed by atoms with E-state index in [1.165, 1.54) is 0 Å². The Morgan fingerprint density at radius 3 is 2.55 bits per heavy atom. The Bertz CT molecular complexity index is 812. The molecule has 0 spiro atoms. The van der Waals surface area contributed by atoms with E-state index in [1.54, 1.807) is 37.3 Å². The van der Waals surface area contributed by atoms with Crippen LogP contribution in [0.2, 0.25) is 5.02 Å². The third-order valence-corrected chi connectivity index (χ3v) is 3.63. The molecule has 22 heavy (non-hydrogen) atoms. The van der Waals surface area contributed by atoms with Gasteiger partial charge in [-0.05, 0) is 48.9 Å². The number of aromatic nitrogens is 1. The van der Waals surface area contributed by atoms with Crippen molar-refractivity contribution in [3.8, 4) is 11.5 Å². The molecule has 2 aromatic carbocycles. The molecule has 3 aromatic rings. The van der Waals surface area contributed by atoms with Gasteiger partial charge in [0.15, 0.2) is 5.58 Å². The van der Waals surface area contributed by atoms with Crippen molar-refractivity contribution in [2.45, 2.75) is 12.8 Å². The van der Waals surface area contributed by atoms with E-state index in [0.29, 0.717) is 27.6 Å². The number of fused-ring (bicyclic) bond motifs is 1. The minimum absolute atomic E-state index is 0. The molecular weight excluding hydrogens is 325 g/mol. The topological polar surface area (TPSA) is 63.3 Å². The highest BCUT2D eigenvalue weighted by Gasteiger charge is 2.16. The number of carbonyl (C=O) groups is 1. The SMILES string of the molecule is CC(C(=O)O)c1ccc2oc(-c3ccc(Cl)cc3)nc2c1.Cl. The zero-order valence-electron chi connectivity index (χ0n) is 11.6. The highest BCUT2D eigenvalue weighted by molar-refractivity contribution is 6.30. The van der Waals surface area contributed by atoms with Gasteiger partial charge in [-0.15, -0.1) is 12.4 Å². The highest BCUT2D eigenvalue weighted by atomic mass is 35.5. The van der Waals surface area contributed by atoms with Crippen molar-refractivity contribution in [3.63, 3.8) is 0 Å². The van der Waals surface area contributed by atoms with E-state index in [0.717, 1.165) is 5.56 Å². The zero-order chi connectivity index (χ0) is 15.0. The number of hydrogen-bond acceptors (Lipinski definition) is 3. The molecule has 6 heteroatoms. The van der Waals surface area contributed by atoms with E-state index in [9.17, 15) is 4.79 Å². The van der Waals surface area contributed by atoms with Crippen LogP contribution < -0.4 is 0 Å². The second-order valence-electron chi connectivity index (χ2n) is 4.81. The standard InChI is InChI=1S/C16H12ClNO3.ClH/c1-9(16(19)20)11-4-7-14-13(8-11)18-15(21-14)10-2-5-12(17)6-3-10;/h2-9H,1H3,(H,19,20);1H. The predicted molar refractivity (Wildman–Crippen MR) is 87.8 cm³/mol. The summed E-state index contributed by atoms with van der Waals surface area (Å²) in [6.07, 6.45) is 0. The number of hydrogen-bond donors (Lipinski definition) is 1. The van der Waals surface area contributed by atoms with Gasteiger partial charge in [0, 0.05) is 10.6 Å². The molecule has 1 atom stereocenters. The van der Waals surface area contributed by atoms with E-state index in [4.69, 9.17) is 21.1 Å². The molecule has 3 rings (SSSR count). The van der Waals surface area contributed by atoms with Crippen LogP contribution in [-0.2, 0) is 4.79 Å². The van der Waals surface area contributed by atoms with Crippen LogP contribution in [0.5, 0.6) is 0 Å². The lowest BCUT2D eigenvalue weighted by atomic mass is 10.0. The Balaban J connectivity index is 0.00000176. The van der Waals surface area contributed by atoms with Crippen LogP contribution in [0, 0.1) is 0 Å². The summed E-state index contributed by atoms with van der Waals surface area (Å²) in [7, 11) is 0. The van der Waals surface area contributed by atoms with Gasteiger partial charge >= 0.3 is 5.97 Å². The van der Waals surface area contributed by atoms with Crippen molar-refractivity contribution in [2.24, 2.45) is 0 Å². The summed E-state index contributed by atoms with van der Waals surface area (Å²) in [5.74, 6) is -0.956. The number of benzene rings is 2. The lowest BCUT2D eigenvalue weighted by Crippen LogP contribution is -2.06. The number of carboxylic acid groups (broad SMARTS) is 1. The van der Waals surface area contributed by atoms with Gasteiger partial charge in [-0.25, -0.2) is 4.98 Å². The molecule has 0 saturated carbocycles. The predicted octanol–water partition coefficient (Wildman–Crippen LogP) is 4.76. The van der Waals surface area contributed by atoms with E-state index in [2.05, 4.69) is 4.98 Å². The molecule has 0 radical (unpaired) electrons. The second-order valence-corrected chi connectivity index (χ2v) is 5.25. The minimum Gasteiger partial charge on any atom is -0.481 e. The molecule has 0 amide bonds. The van der Waals surface area contributed by atoms with Crippen molar-refractivity contribution < 1.29 is 14.3 Å². The molecule has 0 fully saturated rings. The number of halogens is 2. The average Bonchev–Trinajstić information content (AvgIpc) is 2.89. The van der Waals surface area contributed by atoms with E-state index >= 15 is 0 Å². The first-order chi connectivity index (χ1) is 10.0. The van der Waals surface area contributed by atoms with Gasteiger partial charge in [-0.2, -0.15) is 0 Å². The first-order valence-electron chi connectivity index (χ1n) is 6.44. The number of carboxylic acids is 1. The summed E-state index contributed by atoms with van der Waals surface area (Å²) in [6, 6.07) is 12.4. The average molecular weight is 338 g/mol. The first-order valence-corrected chi connectivity index (χ1v) is 6.81. The van der Waals surface area contributed by atoms with Crippen LogP contribution in [0.4, 0.5) is 0 Å². The van der Waals surface area contributed by atoms with Gasteiger partial charge in [0.05, 0.1) is 5.92 Å². The van der Waals surface area contributed by atoms with Crippen LogP contribution in [-0.4, -0.2) is 16.1 Å². The summed E-state index contributed by atoms with van der Waals surface area (Å²) < 4.78 is 5.69. The molecule has 0 bridgehead atoms. The third-order valence-electron chi connectivity index (χ3n) is 3.37. The lowest BCUT2D eigenvalue weighted by molar-refractivity contribution is -0.138. The smallest absolute Gasteiger partial charge is 0.310 e. The molecule has 0 aliphatic rings. The molecule has 114 valence electrons. The van der Waals surface area contributed by atoms with Crippen LogP contribution in [0.25, 0.3) is 22.6 Å². The Labute approximate surface area is 138 Å². The Morgan fingerprint density at radius 1 is 1.23 bits per heavy atom. The molecule has 1 heterocycles. The summed E-state index contributed by atoms with van der Waals surface area (Å²) in [6.45, 7) is 1.64. The fourth-order valence-corrected chi connectivity index (χ4v) is 2.20. The normalized spacial score (nSPS) is 11.9.